The van der Waals surface area contributed by atoms with Crippen LogP contribution in [-0.2, 0) is 4.74 Å². The summed E-state index contributed by atoms with van der Waals surface area (Å²) >= 11 is 0. The molecule has 1 aromatic carbocycles. The lowest BCUT2D eigenvalue weighted by Crippen LogP contribution is -2.49. The van der Waals surface area contributed by atoms with Crippen LogP contribution < -0.4 is 5.32 Å². The smallest absolute Gasteiger partial charge is 0.0594 e. The maximum absolute atomic E-state index is 8.99. The minimum atomic E-state index is 0.270. The molecule has 3 atom stereocenters. The first-order chi connectivity index (χ1) is 10.7. The lowest BCUT2D eigenvalue weighted by atomic mass is 9.97. The molecule has 0 saturated carbocycles. The van der Waals surface area contributed by atoms with Crippen LogP contribution in [0.25, 0.3) is 0 Å². The van der Waals surface area contributed by atoms with Crippen LogP contribution in [0, 0.1) is 0 Å². The molecule has 1 aliphatic heterocycles. The van der Waals surface area contributed by atoms with E-state index in [2.05, 4.69) is 54.4 Å². The fourth-order valence-electron chi connectivity index (χ4n) is 3.34. The van der Waals surface area contributed by atoms with Crippen molar-refractivity contribution in [1.29, 1.82) is 0 Å². The Labute approximate surface area is 134 Å². The van der Waals surface area contributed by atoms with Crippen molar-refractivity contribution in [3.63, 3.8) is 0 Å². The Balaban J connectivity index is 2.06. The molecule has 4 nitrogen and oxygen atoms in total. The molecule has 22 heavy (non-hydrogen) atoms. The number of aliphatic hydroxyl groups excluding tert-OH is 1. The second-order valence-corrected chi connectivity index (χ2v) is 6.23. The standard InChI is InChI=1S/C18H30N2O2/c1-15(7-6-12-21)19-16(2)18(17-8-4-3-5-9-17)20-10-13-22-14-11-20/h3-5,8-9,15-16,18-19,21H,6-7,10-14H2,1-2H3. The molecule has 0 amide bonds. The zero-order valence-corrected chi connectivity index (χ0v) is 13.9. The molecule has 1 heterocycles. The van der Waals surface area contributed by atoms with Crippen molar-refractivity contribution >= 4 is 0 Å². The Morgan fingerprint density at radius 2 is 1.86 bits per heavy atom. The van der Waals surface area contributed by atoms with Gasteiger partial charge in [-0.05, 0) is 32.3 Å². The SMILES string of the molecule is CC(CCCO)NC(C)C(c1ccccc1)N1CCOCC1. The van der Waals surface area contributed by atoms with Gasteiger partial charge in [0.1, 0.15) is 0 Å². The monoisotopic (exact) mass is 306 g/mol. The van der Waals surface area contributed by atoms with Crippen molar-refractivity contribution in [2.45, 2.75) is 44.8 Å². The van der Waals surface area contributed by atoms with Crippen LogP contribution in [0.2, 0.25) is 0 Å². The van der Waals surface area contributed by atoms with Gasteiger partial charge in [0.05, 0.1) is 19.3 Å². The summed E-state index contributed by atoms with van der Waals surface area (Å²) in [5.74, 6) is 0. The first-order valence-corrected chi connectivity index (χ1v) is 8.46. The molecule has 4 heteroatoms. The van der Waals surface area contributed by atoms with Gasteiger partial charge in [-0.25, -0.2) is 0 Å². The summed E-state index contributed by atoms with van der Waals surface area (Å²) in [7, 11) is 0. The third-order valence-electron chi connectivity index (χ3n) is 4.40. The van der Waals surface area contributed by atoms with E-state index >= 15 is 0 Å². The van der Waals surface area contributed by atoms with Gasteiger partial charge in [0.15, 0.2) is 0 Å². The molecule has 2 N–H and O–H groups in total. The van der Waals surface area contributed by atoms with E-state index in [0.717, 1.165) is 39.1 Å². The van der Waals surface area contributed by atoms with E-state index in [1.54, 1.807) is 0 Å². The number of morpholine rings is 1. The van der Waals surface area contributed by atoms with Crippen molar-refractivity contribution < 1.29 is 9.84 Å². The van der Waals surface area contributed by atoms with Gasteiger partial charge >= 0.3 is 0 Å². The summed E-state index contributed by atoms with van der Waals surface area (Å²) < 4.78 is 5.51. The Morgan fingerprint density at radius 3 is 2.50 bits per heavy atom. The number of hydrogen-bond donors (Lipinski definition) is 2. The van der Waals surface area contributed by atoms with Crippen molar-refractivity contribution in [2.75, 3.05) is 32.9 Å². The van der Waals surface area contributed by atoms with Gasteiger partial charge in [0, 0.05) is 31.8 Å². The van der Waals surface area contributed by atoms with E-state index in [9.17, 15) is 0 Å². The van der Waals surface area contributed by atoms with E-state index in [1.165, 1.54) is 5.56 Å². The second kappa shape index (κ2) is 9.26. The first kappa shape index (κ1) is 17.4. The maximum Gasteiger partial charge on any atom is 0.0594 e. The molecular weight excluding hydrogens is 276 g/mol. The van der Waals surface area contributed by atoms with E-state index in [1.807, 2.05) is 0 Å². The zero-order valence-electron chi connectivity index (χ0n) is 13.9. The predicted molar refractivity (Wildman–Crippen MR) is 90.0 cm³/mol. The van der Waals surface area contributed by atoms with Gasteiger partial charge in [0.2, 0.25) is 0 Å². The first-order valence-electron chi connectivity index (χ1n) is 8.46. The molecule has 0 spiro atoms. The summed E-state index contributed by atoms with van der Waals surface area (Å²) in [6.07, 6.45) is 1.86. The molecule has 1 aromatic rings. The molecule has 0 radical (unpaired) electrons. The molecule has 1 saturated heterocycles. The summed E-state index contributed by atoms with van der Waals surface area (Å²) in [5, 5.41) is 12.7. The Morgan fingerprint density at radius 1 is 1.18 bits per heavy atom. The van der Waals surface area contributed by atoms with Gasteiger partial charge in [-0.2, -0.15) is 0 Å². The molecule has 3 unspecified atom stereocenters. The van der Waals surface area contributed by atoms with E-state index < -0.39 is 0 Å². The fourth-order valence-corrected chi connectivity index (χ4v) is 3.34. The molecule has 0 bridgehead atoms. The summed E-state index contributed by atoms with van der Waals surface area (Å²) in [6.45, 7) is 8.33. The topological polar surface area (TPSA) is 44.7 Å². The van der Waals surface area contributed by atoms with Crippen LogP contribution >= 0.6 is 0 Å². The van der Waals surface area contributed by atoms with Gasteiger partial charge in [0.25, 0.3) is 0 Å². The normalized spacial score (nSPS) is 20.5. The maximum atomic E-state index is 8.99. The lowest BCUT2D eigenvalue weighted by Gasteiger charge is -2.39. The van der Waals surface area contributed by atoms with Crippen molar-refractivity contribution in [1.82, 2.24) is 10.2 Å². The molecule has 124 valence electrons. The number of rotatable bonds is 8. The number of nitrogens with one attached hydrogen (secondary N) is 1. The minimum absolute atomic E-state index is 0.270. The molecule has 0 aliphatic carbocycles. The Hall–Kier alpha value is -0.940. The fraction of sp³-hybridized carbons (Fsp3) is 0.667. The third-order valence-corrected chi connectivity index (χ3v) is 4.40. The van der Waals surface area contributed by atoms with Crippen LogP contribution in [0.5, 0.6) is 0 Å². The molecule has 1 fully saturated rings. The minimum Gasteiger partial charge on any atom is -0.396 e. The molecule has 2 rings (SSSR count). The predicted octanol–water partition coefficient (Wildman–Crippen LogP) is 2.20. The summed E-state index contributed by atoms with van der Waals surface area (Å²) in [5.41, 5.74) is 1.36. The third kappa shape index (κ3) is 5.06. The highest BCUT2D eigenvalue weighted by Crippen LogP contribution is 2.25. The van der Waals surface area contributed by atoms with Gasteiger partial charge in [-0.1, -0.05) is 30.3 Å². The number of ether oxygens (including phenoxy) is 1. The largest absolute Gasteiger partial charge is 0.396 e. The highest BCUT2D eigenvalue weighted by atomic mass is 16.5. The highest BCUT2D eigenvalue weighted by molar-refractivity contribution is 5.21. The van der Waals surface area contributed by atoms with E-state index in [0.29, 0.717) is 18.1 Å². The van der Waals surface area contributed by atoms with Crippen LogP contribution in [0.3, 0.4) is 0 Å². The average molecular weight is 306 g/mol. The van der Waals surface area contributed by atoms with E-state index in [-0.39, 0.29) is 6.61 Å². The van der Waals surface area contributed by atoms with Crippen molar-refractivity contribution in [3.05, 3.63) is 35.9 Å². The number of hydrogen-bond acceptors (Lipinski definition) is 4. The van der Waals surface area contributed by atoms with Crippen LogP contribution in [0.4, 0.5) is 0 Å². The second-order valence-electron chi connectivity index (χ2n) is 6.23. The van der Waals surface area contributed by atoms with Gasteiger partial charge in [-0.15, -0.1) is 0 Å². The molecule has 1 aliphatic rings. The quantitative estimate of drug-likeness (QED) is 0.773. The summed E-state index contributed by atoms with van der Waals surface area (Å²) in [6, 6.07) is 11.9. The van der Waals surface area contributed by atoms with Crippen molar-refractivity contribution in [3.8, 4) is 0 Å². The lowest BCUT2D eigenvalue weighted by molar-refractivity contribution is 0.00777. The average Bonchev–Trinajstić information content (AvgIpc) is 2.55. The van der Waals surface area contributed by atoms with Crippen LogP contribution in [0.1, 0.15) is 38.3 Å². The zero-order chi connectivity index (χ0) is 15.8. The van der Waals surface area contributed by atoms with Crippen molar-refractivity contribution in [2.24, 2.45) is 0 Å². The Kier molecular flexibility index (Phi) is 7.33. The number of benzene rings is 1. The highest BCUT2D eigenvalue weighted by Gasteiger charge is 2.28. The molecular formula is C18H30N2O2. The Bertz CT molecular complexity index is 407. The van der Waals surface area contributed by atoms with Gasteiger partial charge < -0.3 is 15.2 Å². The van der Waals surface area contributed by atoms with Crippen LogP contribution in [-0.4, -0.2) is 55.0 Å². The molecule has 0 aromatic heterocycles. The van der Waals surface area contributed by atoms with Gasteiger partial charge in [-0.3, -0.25) is 4.90 Å². The number of aliphatic hydroxyl groups is 1. The number of nitrogens with zero attached hydrogens (tertiary/aromatic N) is 1. The van der Waals surface area contributed by atoms with Crippen LogP contribution in [0.15, 0.2) is 30.3 Å². The van der Waals surface area contributed by atoms with E-state index in [4.69, 9.17) is 9.84 Å². The summed E-state index contributed by atoms with van der Waals surface area (Å²) in [4.78, 5) is 2.52.